The first-order valence-corrected chi connectivity index (χ1v) is 8.16. The molecule has 8 heteroatoms. The van der Waals surface area contributed by atoms with Crippen molar-refractivity contribution >= 4 is 5.91 Å². The van der Waals surface area contributed by atoms with E-state index in [0.717, 1.165) is 11.6 Å². The van der Waals surface area contributed by atoms with Crippen molar-refractivity contribution in [3.63, 3.8) is 0 Å². The first-order chi connectivity index (χ1) is 12.4. The molecule has 2 heterocycles. The van der Waals surface area contributed by atoms with E-state index in [1.807, 2.05) is 0 Å². The highest BCUT2D eigenvalue weighted by Gasteiger charge is 2.61. The molecule has 1 saturated carbocycles. The summed E-state index contributed by atoms with van der Waals surface area (Å²) in [6.45, 7) is 0.541. The molecule has 1 aliphatic heterocycles. The number of carbonyl (C=O) groups excluding carboxylic acids is 1. The van der Waals surface area contributed by atoms with Gasteiger partial charge in [-0.15, -0.1) is 0 Å². The Morgan fingerprint density at radius 2 is 1.85 bits per heavy atom. The fourth-order valence-electron chi connectivity index (χ4n) is 3.82. The molecule has 0 spiro atoms. The Hall–Kier alpha value is -2.87. The summed E-state index contributed by atoms with van der Waals surface area (Å²) in [6.07, 6.45) is 0. The third-order valence-electron chi connectivity index (χ3n) is 5.04. The quantitative estimate of drug-likeness (QED) is 0.856. The molecule has 136 valence electrons. The fourth-order valence-corrected chi connectivity index (χ4v) is 3.82. The van der Waals surface area contributed by atoms with Crippen LogP contribution in [0.3, 0.4) is 0 Å². The summed E-state index contributed by atoms with van der Waals surface area (Å²) in [5, 5.41) is 19.9. The van der Waals surface area contributed by atoms with Gasteiger partial charge in [-0.2, -0.15) is 0 Å². The molecule has 0 unspecified atom stereocenters. The largest absolute Gasteiger partial charge is 0.504 e. The lowest BCUT2D eigenvalue weighted by atomic mass is 10.1. The summed E-state index contributed by atoms with van der Waals surface area (Å²) >= 11 is 0. The highest BCUT2D eigenvalue weighted by atomic mass is 19.1. The number of nitrogens with zero attached hydrogens (tertiary/aromatic N) is 2. The number of fused-ring (bicyclic) bond motifs is 3. The van der Waals surface area contributed by atoms with Gasteiger partial charge in [0.25, 0.3) is 11.5 Å². The first kappa shape index (κ1) is 16.6. The van der Waals surface area contributed by atoms with Crippen molar-refractivity contribution in [2.24, 2.45) is 5.92 Å². The summed E-state index contributed by atoms with van der Waals surface area (Å²) in [5.74, 6) is -2.27. The van der Waals surface area contributed by atoms with Crippen LogP contribution in [0.15, 0.2) is 35.1 Å². The van der Waals surface area contributed by atoms with Gasteiger partial charge in [0.05, 0.1) is 18.7 Å². The lowest BCUT2D eigenvalue weighted by molar-refractivity contribution is 0.0660. The van der Waals surface area contributed by atoms with Crippen LogP contribution in [0.2, 0.25) is 0 Å². The van der Waals surface area contributed by atoms with E-state index in [-0.39, 0.29) is 36.1 Å². The van der Waals surface area contributed by atoms with Gasteiger partial charge < -0.3 is 19.8 Å². The third kappa shape index (κ3) is 2.37. The maximum absolute atomic E-state index is 13.1. The van der Waals surface area contributed by atoms with E-state index in [1.165, 1.54) is 28.7 Å². The van der Waals surface area contributed by atoms with E-state index in [4.69, 9.17) is 4.74 Å². The van der Waals surface area contributed by atoms with Crippen LogP contribution in [-0.2, 0) is 11.3 Å². The maximum atomic E-state index is 13.1. The Morgan fingerprint density at radius 1 is 1.15 bits per heavy atom. The van der Waals surface area contributed by atoms with E-state index < -0.39 is 23.0 Å². The second kappa shape index (κ2) is 5.84. The number of pyridine rings is 1. The minimum atomic E-state index is -0.626. The van der Waals surface area contributed by atoms with Gasteiger partial charge in [0, 0.05) is 25.6 Å². The van der Waals surface area contributed by atoms with Gasteiger partial charge in [0.2, 0.25) is 0 Å². The molecule has 1 amide bonds. The molecule has 1 aliphatic carbocycles. The van der Waals surface area contributed by atoms with Gasteiger partial charge in [0.1, 0.15) is 5.82 Å². The molecular weight excluding hydrogens is 343 g/mol. The van der Waals surface area contributed by atoms with Crippen molar-refractivity contribution in [2.45, 2.75) is 18.6 Å². The van der Waals surface area contributed by atoms with Crippen molar-refractivity contribution in [1.82, 2.24) is 9.47 Å². The molecule has 7 nitrogen and oxygen atoms in total. The maximum Gasteiger partial charge on any atom is 0.275 e. The average Bonchev–Trinajstić information content (AvgIpc) is 3.30. The third-order valence-corrected chi connectivity index (χ3v) is 5.04. The lowest BCUT2D eigenvalue weighted by Gasteiger charge is -2.29. The van der Waals surface area contributed by atoms with E-state index in [9.17, 15) is 24.2 Å². The minimum Gasteiger partial charge on any atom is -0.504 e. The van der Waals surface area contributed by atoms with E-state index >= 15 is 0 Å². The van der Waals surface area contributed by atoms with Crippen LogP contribution in [-0.4, -0.2) is 45.3 Å². The number of aromatic nitrogens is 1. The van der Waals surface area contributed by atoms with Crippen LogP contribution < -0.4 is 5.56 Å². The summed E-state index contributed by atoms with van der Waals surface area (Å²) in [7, 11) is 1.54. The zero-order valence-corrected chi connectivity index (χ0v) is 13.9. The van der Waals surface area contributed by atoms with E-state index in [2.05, 4.69) is 0 Å². The Labute approximate surface area is 147 Å². The molecule has 4 rings (SSSR count). The summed E-state index contributed by atoms with van der Waals surface area (Å²) < 4.78 is 19.6. The van der Waals surface area contributed by atoms with Crippen LogP contribution in [0.5, 0.6) is 11.5 Å². The monoisotopic (exact) mass is 360 g/mol. The summed E-state index contributed by atoms with van der Waals surface area (Å²) in [5.41, 5.74) is -0.0485. The number of hydrogen-bond acceptors (Lipinski definition) is 5. The fraction of sp³-hybridized carbons (Fsp3) is 0.333. The zero-order chi connectivity index (χ0) is 18.6. The number of methoxy groups -OCH3 is 1. The molecule has 2 N–H and O–H groups in total. The minimum absolute atomic E-state index is 0.104. The standard InChI is InChI=1S/C18H17FN2O5/c1-26-8-11-14-15(11)21-13(23)6-12(22)17(24)16(21)18(25)20(14)7-9-2-4-10(19)5-3-9/h2-6,11,14-15,22,24H,7-8H2,1H3/t11-,14-,15+/m1/s1. The Morgan fingerprint density at radius 3 is 2.50 bits per heavy atom. The van der Waals surface area contributed by atoms with Gasteiger partial charge in [-0.3, -0.25) is 14.2 Å². The first-order valence-electron chi connectivity index (χ1n) is 8.16. The van der Waals surface area contributed by atoms with E-state index in [1.54, 1.807) is 12.1 Å². The predicted octanol–water partition coefficient (Wildman–Crippen LogP) is 1.24. The molecule has 2 aliphatic rings. The van der Waals surface area contributed by atoms with E-state index in [0.29, 0.717) is 6.61 Å². The second-order valence-corrected chi connectivity index (χ2v) is 6.59. The van der Waals surface area contributed by atoms with Crippen LogP contribution in [0, 0.1) is 11.7 Å². The van der Waals surface area contributed by atoms with Gasteiger partial charge in [-0.05, 0) is 17.7 Å². The number of halogens is 1. The van der Waals surface area contributed by atoms with Crippen LogP contribution >= 0.6 is 0 Å². The average molecular weight is 360 g/mol. The van der Waals surface area contributed by atoms with Crippen molar-refractivity contribution in [3.8, 4) is 11.5 Å². The SMILES string of the molecule is COC[C@@H]1[C@@H]2[C@H]1n1c(c(O)c(O)cc1=O)C(=O)N2Cc1ccc(F)cc1. The molecule has 1 fully saturated rings. The normalized spacial score (nSPS) is 23.5. The summed E-state index contributed by atoms with van der Waals surface area (Å²) in [6, 6.07) is 6.08. The topological polar surface area (TPSA) is 92.0 Å². The lowest BCUT2D eigenvalue weighted by Crippen LogP contribution is -2.42. The predicted molar refractivity (Wildman–Crippen MR) is 88.5 cm³/mol. The molecule has 2 aromatic rings. The molecule has 0 radical (unpaired) electrons. The second-order valence-electron chi connectivity index (χ2n) is 6.59. The molecule has 0 bridgehead atoms. The van der Waals surface area contributed by atoms with Crippen molar-refractivity contribution in [1.29, 1.82) is 0 Å². The van der Waals surface area contributed by atoms with Crippen molar-refractivity contribution < 1.29 is 24.1 Å². The molecule has 1 aromatic heterocycles. The van der Waals surface area contributed by atoms with Gasteiger partial charge in [-0.25, -0.2) is 4.39 Å². The number of carbonyl (C=O) groups is 1. The zero-order valence-electron chi connectivity index (χ0n) is 13.9. The molecule has 26 heavy (non-hydrogen) atoms. The Kier molecular flexibility index (Phi) is 3.73. The number of hydrogen-bond donors (Lipinski definition) is 2. The number of ether oxygens (including phenoxy) is 1. The van der Waals surface area contributed by atoms with Crippen LogP contribution in [0.1, 0.15) is 22.1 Å². The number of aromatic hydroxyl groups is 2. The smallest absolute Gasteiger partial charge is 0.275 e. The highest BCUT2D eigenvalue weighted by Crippen LogP contribution is 2.52. The number of amides is 1. The van der Waals surface area contributed by atoms with Crippen LogP contribution in [0.25, 0.3) is 0 Å². The summed E-state index contributed by atoms with van der Waals surface area (Å²) in [4.78, 5) is 26.8. The van der Waals surface area contributed by atoms with Crippen molar-refractivity contribution in [2.75, 3.05) is 13.7 Å². The Balaban J connectivity index is 1.78. The van der Waals surface area contributed by atoms with Gasteiger partial charge >= 0.3 is 0 Å². The number of rotatable bonds is 4. The van der Waals surface area contributed by atoms with Gasteiger partial charge in [0.15, 0.2) is 17.2 Å². The van der Waals surface area contributed by atoms with Crippen LogP contribution in [0.4, 0.5) is 4.39 Å². The molecule has 0 saturated heterocycles. The highest BCUT2D eigenvalue weighted by molar-refractivity contribution is 5.97. The molecular formula is C18H17FN2O5. The van der Waals surface area contributed by atoms with Crippen molar-refractivity contribution in [3.05, 3.63) is 57.8 Å². The molecule has 3 atom stereocenters. The number of benzene rings is 1. The Bertz CT molecular complexity index is 940. The van der Waals surface area contributed by atoms with Gasteiger partial charge in [-0.1, -0.05) is 12.1 Å². The molecule has 1 aromatic carbocycles.